The number of ether oxygens (including phenoxy) is 2. The lowest BCUT2D eigenvalue weighted by Gasteiger charge is -2.29. The van der Waals surface area contributed by atoms with Crippen LogP contribution >= 0.6 is 14.2 Å². The molecule has 3 saturated heterocycles. The van der Waals surface area contributed by atoms with Crippen LogP contribution in [0.5, 0.6) is 0 Å². The third-order valence-corrected chi connectivity index (χ3v) is 11.1. The smallest absolute Gasteiger partial charge is 0.325 e. The Labute approximate surface area is 275 Å². The van der Waals surface area contributed by atoms with Crippen molar-refractivity contribution < 1.29 is 50.6 Å². The van der Waals surface area contributed by atoms with Crippen LogP contribution in [0.15, 0.2) is 31.1 Å². The first kappa shape index (κ1) is 32.3. The molecule has 4 aromatic rings. The first-order chi connectivity index (χ1) is 22.9. The van der Waals surface area contributed by atoms with Crippen molar-refractivity contribution in [2.24, 2.45) is 0 Å². The van der Waals surface area contributed by atoms with E-state index in [2.05, 4.69) is 25.3 Å². The highest BCUT2D eigenvalue weighted by Gasteiger charge is 2.53. The van der Waals surface area contributed by atoms with E-state index in [0.717, 1.165) is 11.9 Å². The molecule has 0 saturated carbocycles. The second-order valence-electron chi connectivity index (χ2n) is 11.5. The van der Waals surface area contributed by atoms with E-state index in [1.54, 1.807) is 12.3 Å². The number of anilines is 2. The predicted molar refractivity (Wildman–Crippen MR) is 166 cm³/mol. The van der Waals surface area contributed by atoms with Gasteiger partial charge in [0.1, 0.15) is 41.9 Å². The summed E-state index contributed by atoms with van der Waals surface area (Å²) in [6, 6.07) is 1.63. The number of amides is 1. The number of nitrogen functional groups attached to an aromatic ring is 1. The molecule has 0 spiro atoms. The molecule has 48 heavy (non-hydrogen) atoms. The Bertz CT molecular complexity index is 2040. The van der Waals surface area contributed by atoms with Gasteiger partial charge in [0.15, 0.2) is 36.3 Å². The van der Waals surface area contributed by atoms with Gasteiger partial charge >= 0.3 is 6.72 Å². The lowest BCUT2D eigenvalue weighted by atomic mass is 10.1. The fraction of sp³-hybridized carbons (Fsp3) is 0.480. The van der Waals surface area contributed by atoms with Crippen molar-refractivity contribution in [3.05, 3.63) is 36.7 Å². The standard InChI is InChI=1S/C25H25BF2N8O9P2S/c26-46(38)40-6-12-20(17(28)24(42-12)35-5-10-1-2-14(37)34-11-3-4-30-22(35)15(10)11)45-47(39,48)41-7-13-19(44-46)16(27)25(43-13)36-9-33-18-21(29)31-8-32-23(18)36/h3-5,8-9,12-13,16-17,19-20,24-25H,1-2,6-7H2,(H,34,37)(H,39,48)(H2,29,31,32)/t12-,13-,16?,17+,19+,20?,24-,25-,46?,47?/m1/s1. The molecule has 4 aliphatic rings. The third-order valence-electron chi connectivity index (χ3n) is 8.50. The SMILES string of the molecule is [B]P1(=O)OC[C@H]2O[C@@H](n3cc4c5c(ccnc53)NC(=O)CC4)[C@@H](F)C2OP(O)(=S)OC[C@H]2O[C@@H](n3cnc4c(N)ncnc43)C(F)[C@H]2O1. The Kier molecular flexibility index (Phi) is 7.95. The number of alkyl halides is 2. The Balaban J connectivity index is 1.08. The number of rotatable bonds is 2. The molecule has 0 aromatic carbocycles. The Hall–Kier alpha value is -2.97. The van der Waals surface area contributed by atoms with Crippen molar-refractivity contribution in [1.82, 2.24) is 29.1 Å². The van der Waals surface area contributed by atoms with Gasteiger partial charge in [0.05, 0.1) is 25.2 Å². The number of fused-ring (bicyclic) bond motifs is 3. The number of imidazole rings is 1. The number of aryl methyl sites for hydroxylation is 1. The molecule has 0 aliphatic carbocycles. The average molecular weight is 724 g/mol. The number of aromatic nitrogens is 6. The summed E-state index contributed by atoms with van der Waals surface area (Å²) in [6.07, 6.45) is -6.85. The summed E-state index contributed by atoms with van der Waals surface area (Å²) in [5.41, 5.74) is 7.73. The number of nitrogens with two attached hydrogens (primary N) is 1. The Morgan fingerprint density at radius 3 is 2.48 bits per heavy atom. The molecule has 3 fully saturated rings. The molecule has 4 unspecified atom stereocenters. The second kappa shape index (κ2) is 11.8. The minimum absolute atomic E-state index is 0.0477. The van der Waals surface area contributed by atoms with E-state index in [1.165, 1.54) is 21.7 Å². The van der Waals surface area contributed by atoms with E-state index in [4.69, 9.17) is 52.7 Å². The van der Waals surface area contributed by atoms with Crippen LogP contribution in [0, 0.1) is 0 Å². The largest absolute Gasteiger partial charge is 0.382 e. The molecule has 0 bridgehead atoms. The molecule has 2 radical (unpaired) electrons. The number of nitrogens with zero attached hydrogens (tertiary/aromatic N) is 6. The number of hydrogen-bond acceptors (Lipinski definition) is 14. The summed E-state index contributed by atoms with van der Waals surface area (Å²) in [7, 11) is 1.31. The van der Waals surface area contributed by atoms with Crippen LogP contribution in [-0.4, -0.2) is 97.4 Å². The molecule has 8 heterocycles. The topological polar surface area (TPSA) is 209 Å². The number of pyridine rings is 1. The Morgan fingerprint density at radius 2 is 1.71 bits per heavy atom. The van der Waals surface area contributed by atoms with E-state index in [9.17, 15) is 14.3 Å². The van der Waals surface area contributed by atoms with Gasteiger partial charge in [0.25, 0.3) is 7.47 Å². The van der Waals surface area contributed by atoms with E-state index in [-0.39, 0.29) is 29.3 Å². The van der Waals surface area contributed by atoms with E-state index < -0.39 is 76.6 Å². The van der Waals surface area contributed by atoms with Crippen LogP contribution in [0.1, 0.15) is 24.4 Å². The normalized spacial score (nSPS) is 37.4. The van der Waals surface area contributed by atoms with Crippen molar-refractivity contribution in [2.75, 3.05) is 24.3 Å². The first-order valence-electron chi connectivity index (χ1n) is 14.6. The number of nitrogens with one attached hydrogen (secondary N) is 1. The number of hydrogen-bond donors (Lipinski definition) is 3. The van der Waals surface area contributed by atoms with Gasteiger partial charge in [-0.05, 0) is 29.9 Å². The fourth-order valence-electron chi connectivity index (χ4n) is 6.35. The lowest BCUT2D eigenvalue weighted by Crippen LogP contribution is -2.37. The number of carbonyl (C=O) groups is 1. The van der Waals surface area contributed by atoms with E-state index in [0.29, 0.717) is 23.1 Å². The molecular formula is C25H25BF2N8O9P2S. The Morgan fingerprint density at radius 1 is 1.00 bits per heavy atom. The summed E-state index contributed by atoms with van der Waals surface area (Å²) in [5.74, 6) is -0.124. The van der Waals surface area contributed by atoms with Crippen molar-refractivity contribution in [1.29, 1.82) is 0 Å². The first-order valence-corrected chi connectivity index (χ1v) is 18.8. The monoisotopic (exact) mass is 724 g/mol. The quantitative estimate of drug-likeness (QED) is 0.200. The molecule has 1 amide bonds. The summed E-state index contributed by atoms with van der Waals surface area (Å²) in [4.78, 5) is 39.7. The van der Waals surface area contributed by atoms with Crippen LogP contribution in [0.3, 0.4) is 0 Å². The molecular weight excluding hydrogens is 699 g/mol. The maximum atomic E-state index is 16.4. The van der Waals surface area contributed by atoms with Crippen LogP contribution < -0.4 is 11.1 Å². The molecule has 4 N–H and O–H groups in total. The molecule has 252 valence electrons. The molecule has 23 heteroatoms. The van der Waals surface area contributed by atoms with Crippen molar-refractivity contribution >= 4 is 73.2 Å². The van der Waals surface area contributed by atoms with E-state index >= 15 is 8.78 Å². The average Bonchev–Trinajstić information content (AvgIpc) is 3.75. The summed E-state index contributed by atoms with van der Waals surface area (Å²) in [6.45, 7) is -5.59. The van der Waals surface area contributed by atoms with Gasteiger partial charge in [0, 0.05) is 24.2 Å². The molecule has 4 aromatic heterocycles. The van der Waals surface area contributed by atoms with Crippen LogP contribution in [0.25, 0.3) is 22.2 Å². The highest BCUT2D eigenvalue weighted by atomic mass is 32.5. The fourth-order valence-corrected chi connectivity index (χ4v) is 8.79. The summed E-state index contributed by atoms with van der Waals surface area (Å²) in [5, 5.41) is 3.43. The van der Waals surface area contributed by atoms with Crippen LogP contribution in [-0.2, 0) is 55.2 Å². The molecule has 10 atom stereocenters. The van der Waals surface area contributed by atoms with Gasteiger partial charge in [-0.15, -0.1) is 0 Å². The van der Waals surface area contributed by atoms with Crippen LogP contribution in [0.2, 0.25) is 0 Å². The predicted octanol–water partition coefficient (Wildman–Crippen LogP) is 2.12. The number of halogens is 2. The van der Waals surface area contributed by atoms with Gasteiger partial charge in [0.2, 0.25) is 13.5 Å². The zero-order valence-corrected chi connectivity index (χ0v) is 27.0. The lowest BCUT2D eigenvalue weighted by molar-refractivity contribution is -0.116. The highest BCUT2D eigenvalue weighted by Crippen LogP contribution is 2.54. The zero-order valence-electron chi connectivity index (χ0n) is 24.4. The molecule has 8 rings (SSSR count). The molecule has 17 nitrogen and oxygen atoms in total. The molecule has 4 aliphatic heterocycles. The van der Waals surface area contributed by atoms with Crippen molar-refractivity contribution in [3.8, 4) is 0 Å². The van der Waals surface area contributed by atoms with Crippen molar-refractivity contribution in [2.45, 2.75) is 62.1 Å². The van der Waals surface area contributed by atoms with Gasteiger partial charge in [-0.2, -0.15) is 0 Å². The minimum Gasteiger partial charge on any atom is -0.382 e. The van der Waals surface area contributed by atoms with Crippen molar-refractivity contribution in [3.63, 3.8) is 0 Å². The van der Waals surface area contributed by atoms with Crippen LogP contribution in [0.4, 0.5) is 20.3 Å². The second-order valence-corrected chi connectivity index (χ2v) is 15.8. The minimum atomic E-state index is -4.59. The summed E-state index contributed by atoms with van der Waals surface area (Å²) < 4.78 is 82.4. The van der Waals surface area contributed by atoms with Gasteiger partial charge < -0.3 is 43.6 Å². The number of carbonyl (C=O) groups excluding carboxylic acids is 1. The third kappa shape index (κ3) is 5.55. The van der Waals surface area contributed by atoms with Gasteiger partial charge in [-0.25, -0.2) is 28.7 Å². The van der Waals surface area contributed by atoms with E-state index in [1.807, 2.05) is 0 Å². The maximum Gasteiger partial charge on any atom is 0.325 e. The highest BCUT2D eigenvalue weighted by molar-refractivity contribution is 8.07. The zero-order chi connectivity index (χ0) is 33.5. The van der Waals surface area contributed by atoms with Gasteiger partial charge in [-0.1, -0.05) is 0 Å². The van der Waals surface area contributed by atoms with Gasteiger partial charge in [-0.3, -0.25) is 18.5 Å². The summed E-state index contributed by atoms with van der Waals surface area (Å²) >= 11 is 5.21. The maximum absolute atomic E-state index is 16.4.